The summed E-state index contributed by atoms with van der Waals surface area (Å²) in [7, 11) is -3.33. The maximum absolute atomic E-state index is 11.4. The predicted molar refractivity (Wildman–Crippen MR) is 75.7 cm³/mol. The van der Waals surface area contributed by atoms with Crippen molar-refractivity contribution >= 4 is 16.1 Å². The van der Waals surface area contributed by atoms with Crippen molar-refractivity contribution in [2.24, 2.45) is 0 Å². The monoisotopic (exact) mass is 290 g/mol. The van der Waals surface area contributed by atoms with Gasteiger partial charge in [0, 0.05) is 6.26 Å². The van der Waals surface area contributed by atoms with Crippen LogP contribution in [0.3, 0.4) is 0 Å². The zero-order valence-electron chi connectivity index (χ0n) is 10.9. The van der Waals surface area contributed by atoms with Crippen molar-refractivity contribution in [1.82, 2.24) is 0 Å². The topological polar surface area (TPSA) is 60.4 Å². The van der Waals surface area contributed by atoms with Gasteiger partial charge in [-0.15, -0.1) is 0 Å². The number of hydrogen-bond acceptors (Lipinski definition) is 4. The molecule has 0 aliphatic heterocycles. The van der Waals surface area contributed by atoms with E-state index >= 15 is 0 Å². The van der Waals surface area contributed by atoms with Crippen LogP contribution in [-0.2, 0) is 16.4 Å². The van der Waals surface area contributed by atoms with Crippen molar-refractivity contribution in [1.29, 1.82) is 0 Å². The number of hydrogen-bond donors (Lipinski definition) is 0. The van der Waals surface area contributed by atoms with Gasteiger partial charge < -0.3 is 4.74 Å². The van der Waals surface area contributed by atoms with E-state index in [1.807, 2.05) is 30.3 Å². The van der Waals surface area contributed by atoms with Gasteiger partial charge in [-0.1, -0.05) is 30.3 Å². The highest BCUT2D eigenvalue weighted by atomic mass is 32.2. The lowest BCUT2D eigenvalue weighted by Gasteiger charge is -2.09. The molecule has 0 heterocycles. The lowest BCUT2D eigenvalue weighted by atomic mass is 10.2. The molecule has 0 bridgehead atoms. The highest BCUT2D eigenvalue weighted by molar-refractivity contribution is 7.90. The summed E-state index contributed by atoms with van der Waals surface area (Å²) in [5.74, 6) is 0.372. The molecule has 2 aromatic carbocycles. The molecule has 0 saturated carbocycles. The van der Waals surface area contributed by atoms with Crippen LogP contribution in [0.15, 0.2) is 53.4 Å². The van der Waals surface area contributed by atoms with E-state index in [1.54, 1.807) is 0 Å². The van der Waals surface area contributed by atoms with Crippen LogP contribution in [0.5, 0.6) is 5.75 Å². The standard InChI is InChI=1S/C15H14O4S/c1-20(17,18)14-7-8-15(13(9-14)10-16)19-11-12-5-3-2-4-6-12/h2-10H,11H2,1H3. The van der Waals surface area contributed by atoms with Gasteiger partial charge in [-0.05, 0) is 23.8 Å². The van der Waals surface area contributed by atoms with Gasteiger partial charge in [0.1, 0.15) is 12.4 Å². The largest absolute Gasteiger partial charge is 0.488 e. The lowest BCUT2D eigenvalue weighted by molar-refractivity contribution is 0.111. The van der Waals surface area contributed by atoms with Gasteiger partial charge in [-0.3, -0.25) is 4.79 Å². The molecule has 0 atom stereocenters. The molecule has 0 amide bonds. The number of carbonyl (C=O) groups is 1. The molecular weight excluding hydrogens is 276 g/mol. The second-order valence-corrected chi connectivity index (χ2v) is 6.38. The molecule has 0 radical (unpaired) electrons. The number of ether oxygens (including phenoxy) is 1. The Balaban J connectivity index is 2.22. The maximum atomic E-state index is 11.4. The molecule has 0 aliphatic rings. The van der Waals surface area contributed by atoms with E-state index in [0.717, 1.165) is 11.8 Å². The molecule has 0 aliphatic carbocycles. The van der Waals surface area contributed by atoms with Crippen LogP contribution in [0.2, 0.25) is 0 Å². The molecule has 0 fully saturated rings. The number of rotatable bonds is 5. The predicted octanol–water partition coefficient (Wildman–Crippen LogP) is 2.48. The van der Waals surface area contributed by atoms with E-state index < -0.39 is 9.84 Å². The van der Waals surface area contributed by atoms with E-state index in [2.05, 4.69) is 0 Å². The van der Waals surface area contributed by atoms with E-state index in [-0.39, 0.29) is 10.5 Å². The summed E-state index contributed by atoms with van der Waals surface area (Å²) in [4.78, 5) is 11.1. The molecule has 2 aromatic rings. The fraction of sp³-hybridized carbons (Fsp3) is 0.133. The van der Waals surface area contributed by atoms with Gasteiger partial charge in [0.05, 0.1) is 10.5 Å². The molecule has 0 saturated heterocycles. The molecule has 20 heavy (non-hydrogen) atoms. The first-order valence-corrected chi connectivity index (χ1v) is 7.86. The second kappa shape index (κ2) is 5.88. The van der Waals surface area contributed by atoms with Crippen LogP contribution in [-0.4, -0.2) is 21.0 Å². The third-order valence-corrected chi connectivity index (χ3v) is 3.88. The van der Waals surface area contributed by atoms with Crippen LogP contribution in [0.1, 0.15) is 15.9 Å². The number of benzene rings is 2. The minimum atomic E-state index is -3.33. The minimum Gasteiger partial charge on any atom is -0.488 e. The SMILES string of the molecule is CS(=O)(=O)c1ccc(OCc2ccccc2)c(C=O)c1. The van der Waals surface area contributed by atoms with E-state index in [4.69, 9.17) is 4.74 Å². The Kier molecular flexibility index (Phi) is 4.20. The molecule has 2 rings (SSSR count). The van der Waals surface area contributed by atoms with Crippen molar-refractivity contribution in [3.63, 3.8) is 0 Å². The van der Waals surface area contributed by atoms with Gasteiger partial charge >= 0.3 is 0 Å². The lowest BCUT2D eigenvalue weighted by Crippen LogP contribution is -2.02. The molecule has 0 aromatic heterocycles. The average Bonchev–Trinajstić information content (AvgIpc) is 2.45. The van der Waals surface area contributed by atoms with Gasteiger partial charge in [0.15, 0.2) is 16.1 Å². The van der Waals surface area contributed by atoms with Crippen LogP contribution < -0.4 is 4.74 Å². The fourth-order valence-electron chi connectivity index (χ4n) is 1.72. The number of aldehydes is 1. The van der Waals surface area contributed by atoms with Crippen LogP contribution in [0.4, 0.5) is 0 Å². The van der Waals surface area contributed by atoms with Crippen molar-refractivity contribution in [3.05, 3.63) is 59.7 Å². The molecule has 5 heteroatoms. The Morgan fingerprint density at radius 3 is 2.40 bits per heavy atom. The summed E-state index contributed by atoms with van der Waals surface area (Å²) in [6.07, 6.45) is 1.69. The van der Waals surface area contributed by atoms with E-state index in [9.17, 15) is 13.2 Å². The first kappa shape index (κ1) is 14.3. The highest BCUT2D eigenvalue weighted by Gasteiger charge is 2.11. The van der Waals surface area contributed by atoms with Crippen molar-refractivity contribution in [3.8, 4) is 5.75 Å². The van der Waals surface area contributed by atoms with Crippen molar-refractivity contribution in [2.75, 3.05) is 6.26 Å². The van der Waals surface area contributed by atoms with Crippen molar-refractivity contribution in [2.45, 2.75) is 11.5 Å². The van der Waals surface area contributed by atoms with Crippen LogP contribution in [0.25, 0.3) is 0 Å². The third kappa shape index (κ3) is 3.45. The Morgan fingerprint density at radius 2 is 1.80 bits per heavy atom. The third-order valence-electron chi connectivity index (χ3n) is 2.77. The summed E-state index contributed by atoms with van der Waals surface area (Å²) in [6.45, 7) is 0.319. The fourth-order valence-corrected chi connectivity index (χ4v) is 2.37. The number of carbonyl (C=O) groups excluding carboxylic acids is 1. The van der Waals surface area contributed by atoms with Gasteiger partial charge in [-0.2, -0.15) is 0 Å². The summed E-state index contributed by atoms with van der Waals surface area (Å²) in [5.41, 5.74) is 1.19. The molecule has 104 valence electrons. The summed E-state index contributed by atoms with van der Waals surface area (Å²) in [6, 6.07) is 13.8. The summed E-state index contributed by atoms with van der Waals surface area (Å²) in [5, 5.41) is 0. The summed E-state index contributed by atoms with van der Waals surface area (Å²) >= 11 is 0. The van der Waals surface area contributed by atoms with Crippen LogP contribution >= 0.6 is 0 Å². The molecule has 0 spiro atoms. The van der Waals surface area contributed by atoms with Gasteiger partial charge in [-0.25, -0.2) is 8.42 Å². The Morgan fingerprint density at radius 1 is 1.10 bits per heavy atom. The minimum absolute atomic E-state index is 0.103. The van der Waals surface area contributed by atoms with Gasteiger partial charge in [0.2, 0.25) is 0 Å². The quantitative estimate of drug-likeness (QED) is 0.794. The van der Waals surface area contributed by atoms with E-state index in [1.165, 1.54) is 18.2 Å². The Labute approximate surface area is 117 Å². The smallest absolute Gasteiger partial charge is 0.175 e. The first-order chi connectivity index (χ1) is 9.50. The van der Waals surface area contributed by atoms with Crippen LogP contribution in [0, 0.1) is 0 Å². The van der Waals surface area contributed by atoms with Crippen molar-refractivity contribution < 1.29 is 17.9 Å². The molecule has 4 nitrogen and oxygen atoms in total. The first-order valence-electron chi connectivity index (χ1n) is 5.97. The normalized spacial score (nSPS) is 11.1. The highest BCUT2D eigenvalue weighted by Crippen LogP contribution is 2.22. The number of sulfone groups is 1. The average molecular weight is 290 g/mol. The molecular formula is C15H14O4S. The molecule has 0 unspecified atom stereocenters. The van der Waals surface area contributed by atoms with Gasteiger partial charge in [0.25, 0.3) is 0 Å². The van der Waals surface area contributed by atoms with E-state index in [0.29, 0.717) is 18.6 Å². The molecule has 0 N–H and O–H groups in total. The maximum Gasteiger partial charge on any atom is 0.175 e. The Hall–Kier alpha value is -2.14. The second-order valence-electron chi connectivity index (χ2n) is 4.36. The zero-order valence-corrected chi connectivity index (χ0v) is 11.8. The summed E-state index contributed by atoms with van der Waals surface area (Å²) < 4.78 is 28.4. The zero-order chi connectivity index (χ0) is 14.6. The Bertz CT molecular complexity index is 706.